The van der Waals surface area contributed by atoms with E-state index in [0.717, 1.165) is 71.8 Å². The number of benzene rings is 2. The molecule has 2 aliphatic carbocycles. The van der Waals surface area contributed by atoms with Gasteiger partial charge < -0.3 is 25.2 Å². The molecule has 1 saturated heterocycles. The van der Waals surface area contributed by atoms with Crippen LogP contribution in [0.4, 0.5) is 17.1 Å². The van der Waals surface area contributed by atoms with E-state index in [1.807, 2.05) is 6.07 Å². The summed E-state index contributed by atoms with van der Waals surface area (Å²) < 4.78 is 2.23. The predicted molar refractivity (Wildman–Crippen MR) is 148 cm³/mol. The Hall–Kier alpha value is -3.06. The van der Waals surface area contributed by atoms with Gasteiger partial charge in [0, 0.05) is 36.1 Å². The van der Waals surface area contributed by atoms with Crippen molar-refractivity contribution in [3.05, 3.63) is 36.4 Å². The van der Waals surface area contributed by atoms with Gasteiger partial charge in [0.25, 0.3) is 0 Å². The quantitative estimate of drug-likeness (QED) is 0.419. The molecule has 194 valence electrons. The minimum absolute atomic E-state index is 0.0712. The van der Waals surface area contributed by atoms with Gasteiger partial charge in [-0.2, -0.15) is 0 Å². The molecule has 1 atom stereocenters. The van der Waals surface area contributed by atoms with Crippen molar-refractivity contribution in [2.75, 3.05) is 28.6 Å². The fourth-order valence-corrected chi connectivity index (χ4v) is 6.59. The van der Waals surface area contributed by atoms with Gasteiger partial charge in [0.2, 0.25) is 5.91 Å². The lowest BCUT2D eigenvalue weighted by Crippen LogP contribution is -2.35. The Bertz CT molecular complexity index is 1310. The van der Waals surface area contributed by atoms with E-state index in [2.05, 4.69) is 50.4 Å². The van der Waals surface area contributed by atoms with Crippen molar-refractivity contribution in [1.82, 2.24) is 9.55 Å². The number of carbonyl (C=O) groups is 1. The highest BCUT2D eigenvalue weighted by Crippen LogP contribution is 2.42. The number of nitrogens with one attached hydrogen (secondary N) is 2. The van der Waals surface area contributed by atoms with E-state index in [0.29, 0.717) is 12.0 Å². The number of aromatic nitrogens is 2. The Morgan fingerprint density at radius 2 is 1.78 bits per heavy atom. The zero-order valence-corrected chi connectivity index (χ0v) is 21.5. The Balaban J connectivity index is 1.33. The number of hydrogen-bond acceptors (Lipinski definition) is 5. The predicted octanol–water partition coefficient (Wildman–Crippen LogP) is 5.70. The van der Waals surface area contributed by atoms with E-state index in [-0.39, 0.29) is 18.1 Å². The maximum Gasteiger partial charge on any atom is 0.247 e. The summed E-state index contributed by atoms with van der Waals surface area (Å²) in [5, 5.41) is 16.8. The van der Waals surface area contributed by atoms with Crippen LogP contribution in [0.15, 0.2) is 36.4 Å². The zero-order chi connectivity index (χ0) is 24.9. The molecule has 1 amide bonds. The number of nitrogens with zero attached hydrogens (tertiary/aromatic N) is 3. The summed E-state index contributed by atoms with van der Waals surface area (Å²) >= 11 is 0. The number of aliphatic hydroxyl groups is 1. The van der Waals surface area contributed by atoms with Crippen molar-refractivity contribution in [2.24, 2.45) is 5.92 Å². The monoisotopic (exact) mass is 499 g/mol. The molecule has 37 heavy (non-hydrogen) atoms. The molecule has 4 aliphatic rings. The van der Waals surface area contributed by atoms with Gasteiger partial charge in [0.15, 0.2) is 0 Å². The van der Waals surface area contributed by atoms with E-state index in [1.165, 1.54) is 44.9 Å². The van der Waals surface area contributed by atoms with Crippen LogP contribution in [-0.4, -0.2) is 45.8 Å². The van der Waals surface area contributed by atoms with Gasteiger partial charge in [-0.1, -0.05) is 32.1 Å². The van der Waals surface area contributed by atoms with Gasteiger partial charge in [-0.25, -0.2) is 4.98 Å². The summed E-state index contributed by atoms with van der Waals surface area (Å²) in [5.74, 6) is 1.53. The molecule has 3 N–H and O–H groups in total. The highest BCUT2D eigenvalue weighted by molar-refractivity contribution is 6.02. The Morgan fingerprint density at radius 3 is 2.57 bits per heavy atom. The maximum atomic E-state index is 13.8. The fraction of sp³-hybridized carbons (Fsp3) is 0.533. The van der Waals surface area contributed by atoms with Crippen LogP contribution in [0, 0.1) is 5.92 Å². The Kier molecular flexibility index (Phi) is 5.84. The number of carbonyl (C=O) groups excluding carboxylic acids is 1. The summed E-state index contributed by atoms with van der Waals surface area (Å²) in [6, 6.07) is 13.1. The molecule has 7 rings (SSSR count). The first-order chi connectivity index (χ1) is 18.1. The number of hydrogen-bond donors (Lipinski definition) is 3. The van der Waals surface area contributed by atoms with Crippen LogP contribution in [0.5, 0.6) is 0 Å². The van der Waals surface area contributed by atoms with Gasteiger partial charge in [-0.05, 0) is 74.4 Å². The number of imidazole rings is 1. The average molecular weight is 500 g/mol. The minimum Gasteiger partial charge on any atom is -0.393 e. The van der Waals surface area contributed by atoms with Crippen molar-refractivity contribution < 1.29 is 9.90 Å². The summed E-state index contributed by atoms with van der Waals surface area (Å²) in [6.07, 6.45) is 10.9. The number of amides is 1. The second-order valence-electron chi connectivity index (χ2n) is 11.6. The molecule has 3 fully saturated rings. The summed E-state index contributed by atoms with van der Waals surface area (Å²) in [5.41, 5.74) is 6.04. The molecule has 1 unspecified atom stereocenters. The lowest BCUT2D eigenvalue weighted by atomic mass is 9.84. The molecule has 0 bridgehead atoms. The van der Waals surface area contributed by atoms with Crippen molar-refractivity contribution in [3.63, 3.8) is 0 Å². The number of piperidine rings is 1. The molecule has 2 aromatic carbocycles. The average Bonchev–Trinajstić information content (AvgIpc) is 3.67. The van der Waals surface area contributed by atoms with Crippen molar-refractivity contribution in [3.8, 4) is 11.4 Å². The molecule has 3 aromatic rings. The third kappa shape index (κ3) is 4.48. The summed E-state index contributed by atoms with van der Waals surface area (Å²) in [6.45, 7) is 1.71. The first kappa shape index (κ1) is 23.1. The van der Waals surface area contributed by atoms with Gasteiger partial charge >= 0.3 is 0 Å². The van der Waals surface area contributed by atoms with Crippen LogP contribution in [-0.2, 0) is 4.79 Å². The third-order valence-corrected chi connectivity index (χ3v) is 8.86. The third-order valence-electron chi connectivity index (χ3n) is 8.86. The van der Waals surface area contributed by atoms with Crippen LogP contribution < -0.4 is 15.5 Å². The SMILES string of the molecule is O=C1Nc2ccc(NC3CC3)cc2-c2nc3cc(N4CCC(O)CC4)ccc3n2C1CC1CCCCC1. The molecular weight excluding hydrogens is 462 g/mol. The highest BCUT2D eigenvalue weighted by Gasteiger charge is 2.34. The molecular formula is C30H37N5O2. The molecule has 0 radical (unpaired) electrons. The standard InChI is InChI=1S/C30H37N5O2/c36-23-12-14-34(15-13-23)22-9-11-27-26(18-22)32-29-24-17-21(31-20-6-7-20)8-10-25(24)33-30(37)28(35(27)29)16-19-4-2-1-3-5-19/h8-11,17-20,23,28,31,36H,1-7,12-16H2,(H,33,37). The Morgan fingerprint density at radius 1 is 0.973 bits per heavy atom. The Labute approximate surface area is 218 Å². The first-order valence-electron chi connectivity index (χ1n) is 14.3. The summed E-state index contributed by atoms with van der Waals surface area (Å²) in [4.78, 5) is 21.3. The van der Waals surface area contributed by atoms with Gasteiger partial charge in [0.1, 0.15) is 11.9 Å². The molecule has 2 aliphatic heterocycles. The van der Waals surface area contributed by atoms with Crippen LogP contribution >= 0.6 is 0 Å². The largest absolute Gasteiger partial charge is 0.393 e. The molecule has 7 nitrogen and oxygen atoms in total. The molecule has 3 heterocycles. The van der Waals surface area contributed by atoms with Crippen LogP contribution in [0.2, 0.25) is 0 Å². The fourth-order valence-electron chi connectivity index (χ4n) is 6.59. The number of rotatable bonds is 5. The molecule has 7 heteroatoms. The second kappa shape index (κ2) is 9.35. The molecule has 2 saturated carbocycles. The van der Waals surface area contributed by atoms with E-state index < -0.39 is 0 Å². The zero-order valence-electron chi connectivity index (χ0n) is 21.5. The number of anilines is 3. The highest BCUT2D eigenvalue weighted by atomic mass is 16.3. The molecule has 0 spiro atoms. The van der Waals surface area contributed by atoms with E-state index in [9.17, 15) is 9.90 Å². The van der Waals surface area contributed by atoms with Gasteiger partial charge in [0.05, 0.1) is 22.8 Å². The lowest BCUT2D eigenvalue weighted by Gasteiger charge is -2.31. The maximum absolute atomic E-state index is 13.8. The topological polar surface area (TPSA) is 82.4 Å². The molecule has 1 aromatic heterocycles. The van der Waals surface area contributed by atoms with E-state index >= 15 is 0 Å². The van der Waals surface area contributed by atoms with Crippen LogP contribution in [0.1, 0.15) is 70.3 Å². The van der Waals surface area contributed by atoms with Crippen LogP contribution in [0.3, 0.4) is 0 Å². The van der Waals surface area contributed by atoms with E-state index in [4.69, 9.17) is 4.98 Å². The summed E-state index contributed by atoms with van der Waals surface area (Å²) in [7, 11) is 0. The number of fused-ring (bicyclic) bond motifs is 5. The second-order valence-corrected chi connectivity index (χ2v) is 11.6. The van der Waals surface area contributed by atoms with Crippen molar-refractivity contribution in [2.45, 2.75) is 82.4 Å². The van der Waals surface area contributed by atoms with Crippen molar-refractivity contribution >= 4 is 34.0 Å². The van der Waals surface area contributed by atoms with Crippen LogP contribution in [0.25, 0.3) is 22.4 Å². The van der Waals surface area contributed by atoms with Gasteiger partial charge in [-0.15, -0.1) is 0 Å². The van der Waals surface area contributed by atoms with Gasteiger partial charge in [-0.3, -0.25) is 4.79 Å². The van der Waals surface area contributed by atoms with E-state index in [1.54, 1.807) is 0 Å². The smallest absolute Gasteiger partial charge is 0.247 e. The first-order valence-corrected chi connectivity index (χ1v) is 14.3. The number of aliphatic hydroxyl groups excluding tert-OH is 1. The minimum atomic E-state index is -0.272. The normalized spacial score (nSPS) is 22.9. The van der Waals surface area contributed by atoms with Crippen molar-refractivity contribution in [1.29, 1.82) is 0 Å². The lowest BCUT2D eigenvalue weighted by molar-refractivity contribution is -0.119.